The molecule has 0 aromatic heterocycles. The Morgan fingerprint density at radius 3 is 2.45 bits per heavy atom. The summed E-state index contributed by atoms with van der Waals surface area (Å²) in [6, 6.07) is 19.6. The smallest absolute Gasteiger partial charge is 0.330 e. The van der Waals surface area contributed by atoms with Crippen LogP contribution in [0.5, 0.6) is 11.5 Å². The highest BCUT2D eigenvalue weighted by atomic mass is 16.5. The van der Waals surface area contributed by atoms with Crippen LogP contribution in [-0.2, 0) is 16.1 Å². The molecule has 0 aliphatic carbocycles. The van der Waals surface area contributed by atoms with Crippen molar-refractivity contribution in [2.45, 2.75) is 38.2 Å². The van der Waals surface area contributed by atoms with E-state index in [4.69, 9.17) is 9.47 Å². The second-order valence-electron chi connectivity index (χ2n) is 9.48. The largest absolute Gasteiger partial charge is 0.492 e. The van der Waals surface area contributed by atoms with Crippen LogP contribution in [0.15, 0.2) is 72.8 Å². The van der Waals surface area contributed by atoms with E-state index >= 15 is 0 Å². The minimum Gasteiger partial charge on any atom is -0.492 e. The first kappa shape index (κ1) is 26.9. The monoisotopic (exact) mass is 517 g/mol. The Bertz CT molecular complexity index is 1350. The van der Waals surface area contributed by atoms with Gasteiger partial charge in [0.1, 0.15) is 17.8 Å². The molecule has 3 aromatic carbocycles. The van der Waals surface area contributed by atoms with Crippen molar-refractivity contribution < 1.29 is 34.0 Å². The van der Waals surface area contributed by atoms with Crippen LogP contribution in [0.25, 0.3) is 6.08 Å². The fourth-order valence-electron chi connectivity index (χ4n) is 4.39. The summed E-state index contributed by atoms with van der Waals surface area (Å²) < 4.78 is 16.5. The normalized spacial score (nSPS) is 17.8. The third-order valence-corrected chi connectivity index (χ3v) is 6.51. The summed E-state index contributed by atoms with van der Waals surface area (Å²) in [6.45, 7) is 3.50. The fraction of sp³-hybridized carbons (Fsp3) is 0.267. The van der Waals surface area contributed by atoms with Crippen molar-refractivity contribution in [3.05, 3.63) is 95.1 Å². The number of hydrogen-bond donors (Lipinski definition) is 2. The number of hydrogen-bond acceptors (Lipinski definition) is 7. The average Bonchev–Trinajstić information content (AvgIpc) is 2.93. The summed E-state index contributed by atoms with van der Waals surface area (Å²) in [5.74, 6) is -0.0263. The van der Waals surface area contributed by atoms with Crippen LogP contribution in [0, 0.1) is 0 Å². The first-order chi connectivity index (χ1) is 18.2. The minimum atomic E-state index is -1.16. The molecule has 1 aliphatic rings. The topological polar surface area (TPSA) is 106 Å². The van der Waals surface area contributed by atoms with Gasteiger partial charge in [-0.2, -0.15) is 0 Å². The van der Waals surface area contributed by atoms with Crippen molar-refractivity contribution in [1.29, 1.82) is 0 Å². The lowest BCUT2D eigenvalue weighted by molar-refractivity contribution is -0.134. The predicted octanol–water partition coefficient (Wildman–Crippen LogP) is 4.29. The number of carbonyl (C=O) groups is 2. The van der Waals surface area contributed by atoms with Crippen LogP contribution in [0.3, 0.4) is 0 Å². The summed E-state index contributed by atoms with van der Waals surface area (Å²) in [4.78, 5) is 26.9. The van der Waals surface area contributed by atoms with Crippen LogP contribution in [0.4, 0.5) is 5.69 Å². The molecule has 0 radical (unpaired) electrons. The van der Waals surface area contributed by atoms with Crippen LogP contribution >= 0.6 is 0 Å². The van der Waals surface area contributed by atoms with Gasteiger partial charge in [0.25, 0.3) is 5.91 Å². The number of nitrogens with zero attached hydrogens (tertiary/aromatic N) is 1. The number of anilines is 1. The van der Waals surface area contributed by atoms with Gasteiger partial charge in [-0.05, 0) is 49.8 Å². The number of aliphatic hydroxyl groups excluding tert-OH is 2. The average molecular weight is 518 g/mol. The number of rotatable bonds is 7. The zero-order valence-electron chi connectivity index (χ0n) is 21.8. The molecule has 0 spiro atoms. The number of aliphatic hydroxyl groups is 2. The molecule has 2 N–H and O–H groups in total. The van der Waals surface area contributed by atoms with Crippen molar-refractivity contribution in [1.82, 2.24) is 0 Å². The third kappa shape index (κ3) is 5.41. The Labute approximate surface area is 221 Å². The lowest BCUT2D eigenvalue weighted by atomic mass is 9.87. The number of fused-ring (bicyclic) bond motifs is 1. The van der Waals surface area contributed by atoms with E-state index in [1.54, 1.807) is 79.4 Å². The molecule has 1 heterocycles. The van der Waals surface area contributed by atoms with Crippen LogP contribution in [0.2, 0.25) is 0 Å². The highest BCUT2D eigenvalue weighted by Crippen LogP contribution is 2.47. The van der Waals surface area contributed by atoms with Gasteiger partial charge in [0.05, 0.1) is 20.8 Å². The lowest BCUT2D eigenvalue weighted by Crippen LogP contribution is -2.48. The molecular weight excluding hydrogens is 486 g/mol. The summed E-state index contributed by atoms with van der Waals surface area (Å²) in [5, 5.41) is 21.2. The molecular formula is C30H31NO7. The van der Waals surface area contributed by atoms with E-state index in [2.05, 4.69) is 4.74 Å². The molecule has 198 valence electrons. The third-order valence-electron chi connectivity index (χ3n) is 6.51. The van der Waals surface area contributed by atoms with Gasteiger partial charge in [-0.1, -0.05) is 42.5 Å². The molecule has 1 amide bonds. The molecule has 3 aromatic rings. The maximum Gasteiger partial charge on any atom is 0.330 e. The van der Waals surface area contributed by atoms with E-state index in [1.807, 2.05) is 12.1 Å². The zero-order chi connectivity index (χ0) is 27.4. The van der Waals surface area contributed by atoms with Gasteiger partial charge in [0.2, 0.25) is 0 Å². The predicted molar refractivity (Wildman–Crippen MR) is 143 cm³/mol. The highest BCUT2D eigenvalue weighted by molar-refractivity contribution is 6.06. The van der Waals surface area contributed by atoms with Gasteiger partial charge in [-0.15, -0.1) is 0 Å². The van der Waals surface area contributed by atoms with Crippen LogP contribution in [-0.4, -0.2) is 48.0 Å². The molecule has 0 saturated carbocycles. The number of carbonyl (C=O) groups excluding carboxylic acids is 2. The minimum absolute atomic E-state index is 0.122. The summed E-state index contributed by atoms with van der Waals surface area (Å²) in [6.07, 6.45) is 0.649. The summed E-state index contributed by atoms with van der Waals surface area (Å²) in [5.41, 5.74) is 1.80. The Morgan fingerprint density at radius 1 is 1.03 bits per heavy atom. The summed E-state index contributed by atoms with van der Waals surface area (Å²) >= 11 is 0. The molecule has 4 rings (SSSR count). The van der Waals surface area contributed by atoms with E-state index in [0.717, 1.165) is 0 Å². The van der Waals surface area contributed by atoms with E-state index in [0.29, 0.717) is 39.4 Å². The Morgan fingerprint density at radius 2 is 1.76 bits per heavy atom. The van der Waals surface area contributed by atoms with Gasteiger partial charge in [-0.3, -0.25) is 4.79 Å². The van der Waals surface area contributed by atoms with Crippen molar-refractivity contribution in [3.63, 3.8) is 0 Å². The Kier molecular flexibility index (Phi) is 7.85. The zero-order valence-corrected chi connectivity index (χ0v) is 21.8. The molecule has 2 atom stereocenters. The first-order valence-corrected chi connectivity index (χ1v) is 12.1. The molecule has 38 heavy (non-hydrogen) atoms. The second kappa shape index (κ2) is 11.1. The molecule has 0 fully saturated rings. The molecule has 0 unspecified atom stereocenters. The van der Waals surface area contributed by atoms with E-state index in [-0.39, 0.29) is 12.5 Å². The maximum absolute atomic E-state index is 13.7. The highest BCUT2D eigenvalue weighted by Gasteiger charge is 2.44. The van der Waals surface area contributed by atoms with E-state index < -0.39 is 23.8 Å². The molecule has 8 nitrogen and oxygen atoms in total. The van der Waals surface area contributed by atoms with Crippen molar-refractivity contribution in [3.8, 4) is 11.5 Å². The standard InChI is InChI=1S/C30H31NO7/c1-30(2)28(34)25(33)23-15-14-21(26(37-4)27(23)38-30)18-31(29(35)20-10-6-5-7-11-20)22-12-8-9-19(17-22)13-16-24(32)36-3/h5-17,25,28,33-34H,18H2,1-4H3/b16-13+/t25-,28+/m1/s1. The molecule has 8 heteroatoms. The maximum atomic E-state index is 13.7. The quantitative estimate of drug-likeness (QED) is 0.356. The molecule has 0 saturated heterocycles. The fourth-order valence-corrected chi connectivity index (χ4v) is 4.39. The van der Waals surface area contributed by atoms with Gasteiger partial charge in [-0.25, -0.2) is 4.79 Å². The number of esters is 1. The van der Waals surface area contributed by atoms with Gasteiger partial charge < -0.3 is 29.3 Å². The van der Waals surface area contributed by atoms with Crippen LogP contribution in [0.1, 0.15) is 47.0 Å². The lowest BCUT2D eigenvalue weighted by Gasteiger charge is -2.40. The first-order valence-electron chi connectivity index (χ1n) is 12.1. The van der Waals surface area contributed by atoms with Crippen LogP contribution < -0.4 is 14.4 Å². The van der Waals surface area contributed by atoms with E-state index in [1.165, 1.54) is 20.3 Å². The molecule has 1 aliphatic heterocycles. The number of methoxy groups -OCH3 is 2. The van der Waals surface area contributed by atoms with Gasteiger partial charge in [0.15, 0.2) is 11.5 Å². The number of benzene rings is 3. The Balaban J connectivity index is 1.78. The van der Waals surface area contributed by atoms with E-state index in [9.17, 15) is 19.8 Å². The number of ether oxygens (including phenoxy) is 3. The number of amides is 1. The Hall–Kier alpha value is -4.14. The van der Waals surface area contributed by atoms with Crippen molar-refractivity contribution >= 4 is 23.6 Å². The van der Waals surface area contributed by atoms with Crippen molar-refractivity contribution in [2.24, 2.45) is 0 Å². The van der Waals surface area contributed by atoms with Gasteiger partial charge >= 0.3 is 5.97 Å². The van der Waals surface area contributed by atoms with Crippen molar-refractivity contribution in [2.75, 3.05) is 19.1 Å². The summed E-state index contributed by atoms with van der Waals surface area (Å²) in [7, 11) is 2.80. The van der Waals surface area contributed by atoms with Gasteiger partial charge in [0, 0.05) is 28.5 Å². The second-order valence-corrected chi connectivity index (χ2v) is 9.48. The SMILES string of the molecule is COC(=O)/C=C/c1cccc(N(Cc2ccc3c(c2OC)OC(C)(C)[C@@H](O)[C@@H]3O)C(=O)c2ccccc2)c1. The molecule has 0 bridgehead atoms.